The molecule has 3 rings (SSSR count). The predicted molar refractivity (Wildman–Crippen MR) is 84.9 cm³/mol. The maximum absolute atomic E-state index is 3.91. The molecule has 20 heavy (non-hydrogen) atoms. The molecule has 2 heteroatoms. The number of aryl methyl sites for hydroxylation is 1. The van der Waals surface area contributed by atoms with Gasteiger partial charge in [0.25, 0.3) is 0 Å². The number of hydrogen-bond donors (Lipinski definition) is 2. The quantitative estimate of drug-likeness (QED) is 0.875. The van der Waals surface area contributed by atoms with Crippen LogP contribution in [0.25, 0.3) is 0 Å². The second-order valence-corrected chi connectivity index (χ2v) is 6.71. The molecule has 2 aliphatic rings. The summed E-state index contributed by atoms with van der Waals surface area (Å²) in [4.78, 5) is 0. The van der Waals surface area contributed by atoms with Crippen molar-refractivity contribution in [2.24, 2.45) is 5.92 Å². The van der Waals surface area contributed by atoms with Crippen molar-refractivity contribution in [3.63, 3.8) is 0 Å². The maximum atomic E-state index is 3.91. The van der Waals surface area contributed by atoms with E-state index in [0.717, 1.165) is 12.0 Å². The van der Waals surface area contributed by atoms with Crippen LogP contribution in [0, 0.1) is 12.8 Å². The molecule has 0 radical (unpaired) electrons. The van der Waals surface area contributed by atoms with Gasteiger partial charge in [-0.15, -0.1) is 0 Å². The SMILES string of the molecule is Cc1cccc([C@@H](C)NC2CCCC2C2CCCN2)c1. The first-order valence-electron chi connectivity index (χ1n) is 8.30. The van der Waals surface area contributed by atoms with Crippen molar-refractivity contribution in [1.82, 2.24) is 10.6 Å². The normalized spacial score (nSPS) is 31.6. The highest BCUT2D eigenvalue weighted by Gasteiger charge is 2.35. The Morgan fingerprint density at radius 1 is 1.20 bits per heavy atom. The van der Waals surface area contributed by atoms with Gasteiger partial charge >= 0.3 is 0 Å². The van der Waals surface area contributed by atoms with Crippen molar-refractivity contribution >= 4 is 0 Å². The van der Waals surface area contributed by atoms with Gasteiger partial charge in [-0.1, -0.05) is 36.2 Å². The van der Waals surface area contributed by atoms with Crippen LogP contribution in [-0.2, 0) is 0 Å². The molecule has 3 unspecified atom stereocenters. The van der Waals surface area contributed by atoms with E-state index in [-0.39, 0.29) is 0 Å². The monoisotopic (exact) mass is 272 g/mol. The third-order valence-corrected chi connectivity index (χ3v) is 5.19. The Bertz CT molecular complexity index is 437. The van der Waals surface area contributed by atoms with Gasteiger partial charge in [-0.3, -0.25) is 0 Å². The fourth-order valence-electron chi connectivity index (χ4n) is 4.11. The molecular weight excluding hydrogens is 244 g/mol. The Balaban J connectivity index is 1.64. The fraction of sp³-hybridized carbons (Fsp3) is 0.667. The minimum Gasteiger partial charge on any atom is -0.314 e. The van der Waals surface area contributed by atoms with E-state index in [4.69, 9.17) is 0 Å². The Morgan fingerprint density at radius 3 is 2.85 bits per heavy atom. The number of benzene rings is 1. The molecule has 1 saturated carbocycles. The van der Waals surface area contributed by atoms with Crippen LogP contribution in [0.3, 0.4) is 0 Å². The number of hydrogen-bond acceptors (Lipinski definition) is 2. The Kier molecular flexibility index (Phi) is 4.42. The van der Waals surface area contributed by atoms with Crippen LogP contribution in [0.15, 0.2) is 24.3 Å². The molecule has 0 spiro atoms. The van der Waals surface area contributed by atoms with Crippen LogP contribution in [0.4, 0.5) is 0 Å². The van der Waals surface area contributed by atoms with Gasteiger partial charge in [-0.2, -0.15) is 0 Å². The van der Waals surface area contributed by atoms with Gasteiger partial charge < -0.3 is 10.6 Å². The first-order chi connectivity index (χ1) is 9.74. The minimum atomic E-state index is 0.460. The lowest BCUT2D eigenvalue weighted by atomic mass is 9.92. The topological polar surface area (TPSA) is 24.1 Å². The summed E-state index contributed by atoms with van der Waals surface area (Å²) in [5.41, 5.74) is 2.78. The highest BCUT2D eigenvalue weighted by Crippen LogP contribution is 2.33. The zero-order chi connectivity index (χ0) is 13.9. The molecule has 0 amide bonds. The standard InChI is InChI=1S/C18H28N2/c1-13-6-3-7-15(12-13)14(2)20-18-9-4-8-16(18)17-10-5-11-19-17/h3,6-7,12,14,16-20H,4-5,8-11H2,1-2H3/t14-,16?,17?,18?/m1/s1. The summed E-state index contributed by atoms with van der Waals surface area (Å²) in [5, 5.41) is 7.62. The van der Waals surface area contributed by atoms with Crippen molar-refractivity contribution < 1.29 is 0 Å². The molecule has 0 bridgehead atoms. The van der Waals surface area contributed by atoms with Gasteiger partial charge in [0.2, 0.25) is 0 Å². The molecule has 2 fully saturated rings. The van der Waals surface area contributed by atoms with Crippen molar-refractivity contribution in [2.45, 2.75) is 64.1 Å². The molecule has 1 aromatic carbocycles. The smallest absolute Gasteiger partial charge is 0.0294 e. The van der Waals surface area contributed by atoms with Gasteiger partial charge in [0.05, 0.1) is 0 Å². The van der Waals surface area contributed by atoms with Crippen molar-refractivity contribution in [3.05, 3.63) is 35.4 Å². The van der Waals surface area contributed by atoms with Gasteiger partial charge in [0, 0.05) is 18.1 Å². The molecule has 110 valence electrons. The minimum absolute atomic E-state index is 0.460. The van der Waals surface area contributed by atoms with Crippen LogP contribution in [0.2, 0.25) is 0 Å². The molecule has 1 saturated heterocycles. The summed E-state index contributed by atoms with van der Waals surface area (Å²) in [6.07, 6.45) is 6.87. The molecule has 0 aromatic heterocycles. The lowest BCUT2D eigenvalue weighted by Gasteiger charge is -2.29. The summed E-state index contributed by atoms with van der Waals surface area (Å²) in [6, 6.07) is 10.8. The van der Waals surface area contributed by atoms with E-state index in [9.17, 15) is 0 Å². The molecule has 1 heterocycles. The van der Waals surface area contributed by atoms with Crippen LogP contribution in [-0.4, -0.2) is 18.6 Å². The molecule has 2 N–H and O–H groups in total. The van der Waals surface area contributed by atoms with E-state index in [1.807, 2.05) is 0 Å². The lowest BCUT2D eigenvalue weighted by molar-refractivity contribution is 0.303. The lowest BCUT2D eigenvalue weighted by Crippen LogP contribution is -2.42. The highest BCUT2D eigenvalue weighted by molar-refractivity contribution is 5.24. The van der Waals surface area contributed by atoms with Crippen molar-refractivity contribution in [1.29, 1.82) is 0 Å². The molecule has 4 atom stereocenters. The third kappa shape index (κ3) is 3.07. The van der Waals surface area contributed by atoms with E-state index in [1.54, 1.807) is 0 Å². The average Bonchev–Trinajstić information content (AvgIpc) is 3.08. The maximum Gasteiger partial charge on any atom is 0.0294 e. The first-order valence-corrected chi connectivity index (χ1v) is 8.30. The molecule has 1 aliphatic carbocycles. The van der Waals surface area contributed by atoms with Gasteiger partial charge in [0.1, 0.15) is 0 Å². The zero-order valence-corrected chi connectivity index (χ0v) is 12.9. The van der Waals surface area contributed by atoms with Crippen molar-refractivity contribution in [2.75, 3.05) is 6.54 Å². The second-order valence-electron chi connectivity index (χ2n) is 6.71. The Labute approximate surface area is 123 Å². The van der Waals surface area contributed by atoms with Gasteiger partial charge in [0.15, 0.2) is 0 Å². The molecule has 1 aromatic rings. The average molecular weight is 272 g/mol. The summed E-state index contributed by atoms with van der Waals surface area (Å²) in [7, 11) is 0. The molecule has 2 nitrogen and oxygen atoms in total. The largest absolute Gasteiger partial charge is 0.314 e. The van der Waals surface area contributed by atoms with E-state index in [2.05, 4.69) is 48.7 Å². The van der Waals surface area contributed by atoms with Crippen LogP contribution < -0.4 is 10.6 Å². The highest BCUT2D eigenvalue weighted by atomic mass is 15.0. The fourth-order valence-corrected chi connectivity index (χ4v) is 4.11. The Hall–Kier alpha value is -0.860. The summed E-state index contributed by atoms with van der Waals surface area (Å²) in [6.45, 7) is 5.71. The summed E-state index contributed by atoms with van der Waals surface area (Å²) >= 11 is 0. The van der Waals surface area contributed by atoms with Gasteiger partial charge in [-0.05, 0) is 57.6 Å². The van der Waals surface area contributed by atoms with E-state index in [0.29, 0.717) is 12.1 Å². The van der Waals surface area contributed by atoms with E-state index < -0.39 is 0 Å². The van der Waals surface area contributed by atoms with Gasteiger partial charge in [-0.25, -0.2) is 0 Å². The first kappa shape index (κ1) is 14.1. The van der Waals surface area contributed by atoms with E-state index in [1.165, 1.54) is 49.8 Å². The number of nitrogens with one attached hydrogen (secondary N) is 2. The summed E-state index contributed by atoms with van der Waals surface area (Å²) < 4.78 is 0. The summed E-state index contributed by atoms with van der Waals surface area (Å²) in [5.74, 6) is 0.838. The number of rotatable bonds is 4. The van der Waals surface area contributed by atoms with E-state index >= 15 is 0 Å². The third-order valence-electron chi connectivity index (χ3n) is 5.19. The predicted octanol–water partition coefficient (Wildman–Crippen LogP) is 3.57. The molecule has 1 aliphatic heterocycles. The van der Waals surface area contributed by atoms with Crippen molar-refractivity contribution in [3.8, 4) is 0 Å². The van der Waals surface area contributed by atoms with Crippen LogP contribution in [0.1, 0.15) is 56.2 Å². The Morgan fingerprint density at radius 2 is 2.10 bits per heavy atom. The van der Waals surface area contributed by atoms with Crippen LogP contribution >= 0.6 is 0 Å². The second kappa shape index (κ2) is 6.28. The molecular formula is C18H28N2. The van der Waals surface area contributed by atoms with Crippen LogP contribution in [0.5, 0.6) is 0 Å². The zero-order valence-electron chi connectivity index (χ0n) is 12.9.